The first kappa shape index (κ1) is 22.6. The quantitative estimate of drug-likeness (QED) is 0.490. The summed E-state index contributed by atoms with van der Waals surface area (Å²) >= 11 is 1.35. The van der Waals surface area contributed by atoms with Crippen molar-refractivity contribution in [1.82, 2.24) is 14.8 Å². The molecule has 2 N–H and O–H groups in total. The molecule has 7 nitrogen and oxygen atoms in total. The Hall–Kier alpha value is -3.13. The van der Waals surface area contributed by atoms with E-state index in [1.165, 1.54) is 11.8 Å². The Kier molecular flexibility index (Phi) is 7.83. The topological polar surface area (TPSA) is 88.9 Å². The van der Waals surface area contributed by atoms with E-state index in [0.717, 1.165) is 28.3 Å². The van der Waals surface area contributed by atoms with Crippen molar-refractivity contribution in [3.63, 3.8) is 0 Å². The van der Waals surface area contributed by atoms with Gasteiger partial charge >= 0.3 is 0 Å². The summed E-state index contributed by atoms with van der Waals surface area (Å²) in [5, 5.41) is 15.0. The highest BCUT2D eigenvalue weighted by Crippen LogP contribution is 2.22. The van der Waals surface area contributed by atoms with Crippen LogP contribution in [0.2, 0.25) is 0 Å². The van der Waals surface area contributed by atoms with Gasteiger partial charge in [-0.15, -0.1) is 10.2 Å². The van der Waals surface area contributed by atoms with E-state index in [2.05, 4.69) is 20.8 Å². The first-order chi connectivity index (χ1) is 15.0. The largest absolute Gasteiger partial charge is 0.326 e. The van der Waals surface area contributed by atoms with Crippen LogP contribution in [0.3, 0.4) is 0 Å². The zero-order valence-corrected chi connectivity index (χ0v) is 18.8. The van der Waals surface area contributed by atoms with Crippen LogP contribution in [-0.2, 0) is 22.6 Å². The maximum Gasteiger partial charge on any atom is 0.234 e. The lowest BCUT2D eigenvalue weighted by Gasteiger charge is -2.11. The molecule has 2 amide bonds. The maximum absolute atomic E-state index is 12.4. The third kappa shape index (κ3) is 6.18. The van der Waals surface area contributed by atoms with Gasteiger partial charge in [0.15, 0.2) is 5.16 Å². The Morgan fingerprint density at radius 2 is 1.65 bits per heavy atom. The molecule has 0 aliphatic carbocycles. The van der Waals surface area contributed by atoms with Crippen LogP contribution in [-0.4, -0.2) is 32.3 Å². The van der Waals surface area contributed by atoms with Crippen LogP contribution in [0.1, 0.15) is 30.3 Å². The summed E-state index contributed by atoms with van der Waals surface area (Å²) in [7, 11) is 0. The summed E-state index contributed by atoms with van der Waals surface area (Å²) in [6, 6.07) is 15.3. The molecule has 0 radical (unpaired) electrons. The second-order valence-corrected chi connectivity index (χ2v) is 8.10. The number of rotatable bonds is 9. The lowest BCUT2D eigenvalue weighted by molar-refractivity contribution is -0.116. The van der Waals surface area contributed by atoms with Crippen molar-refractivity contribution in [3.05, 3.63) is 65.5 Å². The predicted molar refractivity (Wildman–Crippen MR) is 124 cm³/mol. The molecule has 8 heteroatoms. The summed E-state index contributed by atoms with van der Waals surface area (Å²) in [5.41, 5.74) is 3.70. The second-order valence-electron chi connectivity index (χ2n) is 7.16. The average Bonchev–Trinajstić information content (AvgIpc) is 3.16. The van der Waals surface area contributed by atoms with Crippen molar-refractivity contribution in [2.75, 3.05) is 16.4 Å². The summed E-state index contributed by atoms with van der Waals surface area (Å²) < 4.78 is 1.95. The molecule has 31 heavy (non-hydrogen) atoms. The van der Waals surface area contributed by atoms with Crippen LogP contribution in [0.25, 0.3) is 0 Å². The molecule has 0 saturated carbocycles. The molecule has 0 spiro atoms. The highest BCUT2D eigenvalue weighted by atomic mass is 32.2. The fourth-order valence-corrected chi connectivity index (χ4v) is 4.04. The van der Waals surface area contributed by atoms with E-state index < -0.39 is 0 Å². The Labute approximate surface area is 186 Å². The molecule has 0 fully saturated rings. The van der Waals surface area contributed by atoms with Gasteiger partial charge in [0.25, 0.3) is 0 Å². The first-order valence-corrected chi connectivity index (χ1v) is 11.2. The Balaban J connectivity index is 1.54. The first-order valence-electron chi connectivity index (χ1n) is 10.2. The highest BCUT2D eigenvalue weighted by Gasteiger charge is 2.15. The Morgan fingerprint density at radius 3 is 2.32 bits per heavy atom. The number of amides is 2. The minimum Gasteiger partial charge on any atom is -0.326 e. The molecular weight excluding hydrogens is 410 g/mol. The number of para-hydroxylation sites is 2. The summed E-state index contributed by atoms with van der Waals surface area (Å²) in [4.78, 5) is 24.7. The number of aromatic nitrogens is 3. The fourth-order valence-electron chi connectivity index (χ4n) is 3.22. The van der Waals surface area contributed by atoms with Crippen LogP contribution in [0.5, 0.6) is 0 Å². The van der Waals surface area contributed by atoms with Gasteiger partial charge in [-0.2, -0.15) is 0 Å². The molecule has 1 heterocycles. The van der Waals surface area contributed by atoms with Gasteiger partial charge in [0.2, 0.25) is 11.8 Å². The van der Waals surface area contributed by atoms with Crippen molar-refractivity contribution >= 4 is 35.0 Å². The van der Waals surface area contributed by atoms with E-state index in [9.17, 15) is 9.59 Å². The van der Waals surface area contributed by atoms with Gasteiger partial charge in [0.1, 0.15) is 5.82 Å². The number of thioether (sulfide) groups is 1. The standard InChI is InChI=1S/C23H27N5O2S/c1-4-28-19(13-14-20(29)24-18-11-6-5-7-12-18)26-27-23(28)31-15-21(30)25-22-16(2)9-8-10-17(22)3/h5-12H,4,13-15H2,1-3H3,(H,24,29)(H,25,30). The van der Waals surface area contributed by atoms with E-state index in [-0.39, 0.29) is 17.6 Å². The van der Waals surface area contributed by atoms with Crippen LogP contribution in [0, 0.1) is 13.8 Å². The van der Waals surface area contributed by atoms with Crippen LogP contribution < -0.4 is 10.6 Å². The molecule has 2 aromatic carbocycles. The van der Waals surface area contributed by atoms with Crippen LogP contribution >= 0.6 is 11.8 Å². The molecule has 0 saturated heterocycles. The van der Waals surface area contributed by atoms with Crippen molar-refractivity contribution < 1.29 is 9.59 Å². The summed E-state index contributed by atoms with van der Waals surface area (Å²) in [6.07, 6.45) is 0.791. The average molecular weight is 438 g/mol. The third-order valence-corrected chi connectivity index (χ3v) is 5.79. The molecule has 0 aliphatic heterocycles. The van der Waals surface area contributed by atoms with Gasteiger partial charge < -0.3 is 15.2 Å². The Bertz CT molecular complexity index is 1030. The molecule has 1 aromatic heterocycles. The summed E-state index contributed by atoms with van der Waals surface area (Å²) in [5.74, 6) is 0.819. The van der Waals surface area contributed by atoms with Gasteiger partial charge in [0, 0.05) is 30.8 Å². The van der Waals surface area contributed by atoms with Gasteiger partial charge in [-0.1, -0.05) is 48.2 Å². The SMILES string of the molecule is CCn1c(CCC(=O)Nc2ccccc2)nnc1SCC(=O)Nc1c(C)cccc1C. The van der Waals surface area contributed by atoms with Gasteiger partial charge in [-0.05, 0) is 44.0 Å². The van der Waals surface area contributed by atoms with E-state index in [4.69, 9.17) is 0 Å². The predicted octanol–water partition coefficient (Wildman–Crippen LogP) is 4.22. The number of nitrogens with zero attached hydrogens (tertiary/aromatic N) is 3. The van der Waals surface area contributed by atoms with Gasteiger partial charge in [-0.25, -0.2) is 0 Å². The summed E-state index contributed by atoms with van der Waals surface area (Å²) in [6.45, 7) is 6.62. The molecular formula is C23H27N5O2S. The number of carbonyl (C=O) groups is 2. The molecule has 3 aromatic rings. The molecule has 0 unspecified atom stereocenters. The number of hydrogen-bond acceptors (Lipinski definition) is 5. The van der Waals surface area contributed by atoms with E-state index in [0.29, 0.717) is 24.5 Å². The van der Waals surface area contributed by atoms with E-state index in [1.54, 1.807) is 0 Å². The number of benzene rings is 2. The molecule has 3 rings (SSSR count). The maximum atomic E-state index is 12.4. The molecule has 0 bridgehead atoms. The van der Waals surface area contributed by atoms with E-state index in [1.807, 2.05) is 73.9 Å². The molecule has 0 aliphatic rings. The Morgan fingerprint density at radius 1 is 0.935 bits per heavy atom. The number of nitrogens with one attached hydrogen (secondary N) is 2. The number of hydrogen-bond donors (Lipinski definition) is 2. The zero-order valence-electron chi connectivity index (χ0n) is 18.0. The third-order valence-electron chi connectivity index (χ3n) is 4.82. The molecule has 0 atom stereocenters. The smallest absolute Gasteiger partial charge is 0.234 e. The molecule has 162 valence electrons. The normalized spacial score (nSPS) is 10.7. The minimum atomic E-state index is -0.0863. The number of carbonyl (C=O) groups excluding carboxylic acids is 2. The van der Waals surface area contributed by atoms with E-state index >= 15 is 0 Å². The monoisotopic (exact) mass is 437 g/mol. The van der Waals surface area contributed by atoms with Crippen molar-refractivity contribution in [2.45, 2.75) is 45.3 Å². The highest BCUT2D eigenvalue weighted by molar-refractivity contribution is 7.99. The van der Waals surface area contributed by atoms with Gasteiger partial charge in [-0.3, -0.25) is 9.59 Å². The number of aryl methyl sites for hydroxylation is 3. The van der Waals surface area contributed by atoms with Crippen molar-refractivity contribution in [1.29, 1.82) is 0 Å². The fraction of sp³-hybridized carbons (Fsp3) is 0.304. The van der Waals surface area contributed by atoms with Crippen molar-refractivity contribution in [2.24, 2.45) is 0 Å². The lowest BCUT2D eigenvalue weighted by atomic mass is 10.1. The zero-order chi connectivity index (χ0) is 22.2. The minimum absolute atomic E-state index is 0.0703. The second kappa shape index (κ2) is 10.8. The van der Waals surface area contributed by atoms with Crippen molar-refractivity contribution in [3.8, 4) is 0 Å². The lowest BCUT2D eigenvalue weighted by Crippen LogP contribution is -2.16. The van der Waals surface area contributed by atoms with Crippen LogP contribution in [0.4, 0.5) is 11.4 Å². The number of anilines is 2. The van der Waals surface area contributed by atoms with Crippen LogP contribution in [0.15, 0.2) is 53.7 Å². The van der Waals surface area contributed by atoms with Gasteiger partial charge in [0.05, 0.1) is 5.75 Å².